The van der Waals surface area contributed by atoms with Crippen molar-refractivity contribution in [2.45, 2.75) is 13.8 Å². The number of hydrogen-bond acceptors (Lipinski definition) is 3. The summed E-state index contributed by atoms with van der Waals surface area (Å²) in [5, 5.41) is 9.13. The Bertz CT molecular complexity index is 518. The Balaban J connectivity index is 2.18. The molecule has 2 aromatic rings. The molecule has 1 aromatic carbocycles. The van der Waals surface area contributed by atoms with Crippen LogP contribution in [0.4, 0.5) is 5.95 Å². The van der Waals surface area contributed by atoms with E-state index in [0.29, 0.717) is 17.3 Å². The van der Waals surface area contributed by atoms with Crippen LogP contribution in [0.25, 0.3) is 0 Å². The number of H-pyrrole nitrogens is 1. The van der Waals surface area contributed by atoms with Gasteiger partial charge in [-0.1, -0.05) is 18.2 Å². The predicted octanol–water partition coefficient (Wildman–Crippen LogP) is 1.67. The molecule has 5 nitrogen and oxygen atoms in total. The van der Waals surface area contributed by atoms with Crippen LogP contribution in [-0.4, -0.2) is 21.1 Å². The molecule has 0 radical (unpaired) electrons. The molecule has 1 heterocycles. The normalized spacial score (nSPS) is 10.1. The summed E-state index contributed by atoms with van der Waals surface area (Å²) in [5.74, 6) is 0.767. The summed E-state index contributed by atoms with van der Waals surface area (Å²) in [5.41, 5.74) is 1.55. The molecule has 0 aliphatic heterocycles. The zero-order valence-corrected chi connectivity index (χ0v) is 9.11. The number of anilines is 1. The number of nitrogens with one attached hydrogen (secondary N) is 2. The highest BCUT2D eigenvalue weighted by Gasteiger charge is 2.10. The first-order valence-corrected chi connectivity index (χ1v) is 4.93. The Hall–Kier alpha value is -2.17. The minimum atomic E-state index is -0.197. The minimum absolute atomic E-state index is 0.197. The number of aromatic amines is 1. The van der Waals surface area contributed by atoms with Gasteiger partial charge in [-0.25, -0.2) is 0 Å². The Morgan fingerprint density at radius 1 is 1.31 bits per heavy atom. The summed E-state index contributed by atoms with van der Waals surface area (Å²) >= 11 is 0. The molecule has 2 N–H and O–H groups in total. The van der Waals surface area contributed by atoms with Crippen molar-refractivity contribution in [3.63, 3.8) is 0 Å². The second-order valence-corrected chi connectivity index (χ2v) is 3.51. The summed E-state index contributed by atoms with van der Waals surface area (Å²) < 4.78 is 0. The van der Waals surface area contributed by atoms with E-state index in [-0.39, 0.29) is 5.91 Å². The van der Waals surface area contributed by atoms with Crippen molar-refractivity contribution < 1.29 is 4.79 Å². The van der Waals surface area contributed by atoms with Gasteiger partial charge in [-0.05, 0) is 25.5 Å². The van der Waals surface area contributed by atoms with E-state index >= 15 is 0 Å². The minimum Gasteiger partial charge on any atom is -0.289 e. The van der Waals surface area contributed by atoms with Crippen LogP contribution in [0.3, 0.4) is 0 Å². The van der Waals surface area contributed by atoms with Crippen LogP contribution in [0.15, 0.2) is 24.3 Å². The van der Waals surface area contributed by atoms with Crippen LogP contribution in [0.5, 0.6) is 0 Å². The molecule has 2 rings (SSSR count). The van der Waals surface area contributed by atoms with Crippen molar-refractivity contribution in [2.24, 2.45) is 0 Å². The van der Waals surface area contributed by atoms with Crippen LogP contribution in [0.1, 0.15) is 21.7 Å². The maximum atomic E-state index is 11.8. The van der Waals surface area contributed by atoms with E-state index in [2.05, 4.69) is 20.5 Å². The number of aryl methyl sites for hydroxylation is 2. The third-order valence-corrected chi connectivity index (χ3v) is 2.21. The number of benzene rings is 1. The monoisotopic (exact) mass is 216 g/mol. The van der Waals surface area contributed by atoms with Crippen molar-refractivity contribution in [2.75, 3.05) is 5.32 Å². The Kier molecular flexibility index (Phi) is 2.68. The molecular formula is C11H12N4O. The van der Waals surface area contributed by atoms with Gasteiger partial charge in [0.1, 0.15) is 5.82 Å². The van der Waals surface area contributed by atoms with Crippen LogP contribution in [0.2, 0.25) is 0 Å². The first-order chi connectivity index (χ1) is 7.66. The van der Waals surface area contributed by atoms with Crippen molar-refractivity contribution in [1.29, 1.82) is 0 Å². The SMILES string of the molecule is Cc1nc(NC(=O)c2ccccc2C)n[nH]1. The molecule has 1 amide bonds. The molecule has 1 aromatic heterocycles. The second-order valence-electron chi connectivity index (χ2n) is 3.51. The van der Waals surface area contributed by atoms with Crippen molar-refractivity contribution in [3.05, 3.63) is 41.2 Å². The molecule has 0 fully saturated rings. The predicted molar refractivity (Wildman–Crippen MR) is 60.3 cm³/mol. The molecule has 0 saturated heterocycles. The van der Waals surface area contributed by atoms with Crippen LogP contribution < -0.4 is 5.32 Å². The van der Waals surface area contributed by atoms with E-state index in [0.717, 1.165) is 5.56 Å². The summed E-state index contributed by atoms with van der Waals surface area (Å²) in [6, 6.07) is 7.37. The van der Waals surface area contributed by atoms with Crippen LogP contribution in [-0.2, 0) is 0 Å². The Morgan fingerprint density at radius 3 is 2.69 bits per heavy atom. The number of carbonyl (C=O) groups excluding carboxylic acids is 1. The molecular weight excluding hydrogens is 204 g/mol. The second kappa shape index (κ2) is 4.14. The van der Waals surface area contributed by atoms with Gasteiger partial charge in [-0.2, -0.15) is 4.98 Å². The van der Waals surface area contributed by atoms with Gasteiger partial charge in [0, 0.05) is 5.56 Å². The lowest BCUT2D eigenvalue weighted by molar-refractivity contribution is 0.102. The Morgan fingerprint density at radius 2 is 2.06 bits per heavy atom. The molecule has 0 saturated carbocycles. The van der Waals surface area contributed by atoms with E-state index in [1.165, 1.54) is 0 Å². The molecule has 16 heavy (non-hydrogen) atoms. The maximum Gasteiger partial charge on any atom is 0.258 e. The third-order valence-electron chi connectivity index (χ3n) is 2.21. The fourth-order valence-electron chi connectivity index (χ4n) is 1.40. The Labute approximate surface area is 92.9 Å². The number of amides is 1. The topological polar surface area (TPSA) is 70.7 Å². The van der Waals surface area contributed by atoms with Crippen LogP contribution in [0, 0.1) is 13.8 Å². The molecule has 5 heteroatoms. The molecule has 0 spiro atoms. The van der Waals surface area contributed by atoms with Crippen molar-refractivity contribution in [3.8, 4) is 0 Å². The lowest BCUT2D eigenvalue weighted by Crippen LogP contribution is -2.14. The highest BCUT2D eigenvalue weighted by atomic mass is 16.1. The number of carbonyl (C=O) groups is 1. The average molecular weight is 216 g/mol. The number of rotatable bonds is 2. The number of nitrogens with zero attached hydrogens (tertiary/aromatic N) is 2. The van der Waals surface area contributed by atoms with E-state index < -0.39 is 0 Å². The summed E-state index contributed by atoms with van der Waals surface area (Å²) in [6.45, 7) is 3.66. The smallest absolute Gasteiger partial charge is 0.258 e. The van der Waals surface area contributed by atoms with Gasteiger partial charge in [-0.15, -0.1) is 5.10 Å². The summed E-state index contributed by atoms with van der Waals surface area (Å²) in [4.78, 5) is 15.8. The van der Waals surface area contributed by atoms with Gasteiger partial charge in [0.05, 0.1) is 0 Å². The van der Waals surface area contributed by atoms with Gasteiger partial charge in [0.15, 0.2) is 0 Å². The van der Waals surface area contributed by atoms with Gasteiger partial charge in [-0.3, -0.25) is 15.2 Å². The van der Waals surface area contributed by atoms with Gasteiger partial charge in [0.2, 0.25) is 5.95 Å². The van der Waals surface area contributed by atoms with E-state index in [9.17, 15) is 4.79 Å². The molecule has 82 valence electrons. The number of hydrogen-bond donors (Lipinski definition) is 2. The standard InChI is InChI=1S/C11H12N4O/c1-7-5-3-4-6-9(7)10(16)13-11-12-8(2)14-15-11/h3-6H,1-2H3,(H2,12,13,14,15,16). The lowest BCUT2D eigenvalue weighted by atomic mass is 10.1. The summed E-state index contributed by atoms with van der Waals surface area (Å²) in [6.07, 6.45) is 0. The highest BCUT2D eigenvalue weighted by Crippen LogP contribution is 2.09. The molecule has 0 atom stereocenters. The van der Waals surface area contributed by atoms with Crippen LogP contribution >= 0.6 is 0 Å². The van der Waals surface area contributed by atoms with Gasteiger partial charge >= 0.3 is 0 Å². The van der Waals surface area contributed by atoms with E-state index in [1.54, 1.807) is 13.0 Å². The molecule has 0 aliphatic rings. The number of aromatic nitrogens is 3. The van der Waals surface area contributed by atoms with Crippen molar-refractivity contribution >= 4 is 11.9 Å². The zero-order chi connectivity index (χ0) is 11.5. The largest absolute Gasteiger partial charge is 0.289 e. The fraction of sp³-hybridized carbons (Fsp3) is 0.182. The van der Waals surface area contributed by atoms with Gasteiger partial charge < -0.3 is 0 Å². The highest BCUT2D eigenvalue weighted by molar-refractivity contribution is 6.04. The molecule has 0 unspecified atom stereocenters. The van der Waals surface area contributed by atoms with Gasteiger partial charge in [0.25, 0.3) is 5.91 Å². The average Bonchev–Trinajstić information content (AvgIpc) is 2.64. The first-order valence-electron chi connectivity index (χ1n) is 4.93. The van der Waals surface area contributed by atoms with Crippen molar-refractivity contribution in [1.82, 2.24) is 15.2 Å². The fourth-order valence-corrected chi connectivity index (χ4v) is 1.40. The maximum absolute atomic E-state index is 11.8. The summed E-state index contributed by atoms with van der Waals surface area (Å²) in [7, 11) is 0. The third kappa shape index (κ3) is 2.08. The van der Waals surface area contributed by atoms with E-state index in [1.807, 2.05) is 25.1 Å². The first kappa shape index (κ1) is 10.4. The zero-order valence-electron chi connectivity index (χ0n) is 9.11. The molecule has 0 aliphatic carbocycles. The van der Waals surface area contributed by atoms with E-state index in [4.69, 9.17) is 0 Å². The quantitative estimate of drug-likeness (QED) is 0.802. The molecule has 0 bridgehead atoms. The lowest BCUT2D eigenvalue weighted by Gasteiger charge is -2.03.